The Bertz CT molecular complexity index is 361. The molecule has 100 valence electrons. The maximum Gasteiger partial charge on any atom is 0.339 e. The zero-order valence-electron chi connectivity index (χ0n) is 11.4. The third kappa shape index (κ3) is 5.17. The number of hydrogen-bond donors (Lipinski definition) is 1. The Hall–Kier alpha value is -1.58. The number of nitrogens with zero attached hydrogens (tertiary/aromatic N) is 1. The summed E-state index contributed by atoms with van der Waals surface area (Å²) >= 11 is 0. The van der Waals surface area contributed by atoms with Crippen LogP contribution in [-0.2, 0) is 4.74 Å². The molecule has 1 aromatic heterocycles. The van der Waals surface area contributed by atoms with Crippen molar-refractivity contribution < 1.29 is 9.53 Å². The molecule has 18 heavy (non-hydrogen) atoms. The molecule has 0 aliphatic heterocycles. The van der Waals surface area contributed by atoms with E-state index in [4.69, 9.17) is 4.74 Å². The third-order valence-electron chi connectivity index (χ3n) is 2.54. The van der Waals surface area contributed by atoms with E-state index in [1.54, 1.807) is 19.2 Å². The fourth-order valence-corrected chi connectivity index (χ4v) is 1.56. The second-order valence-electron chi connectivity index (χ2n) is 4.62. The van der Waals surface area contributed by atoms with E-state index in [-0.39, 0.29) is 5.97 Å². The van der Waals surface area contributed by atoms with Gasteiger partial charge in [-0.05, 0) is 37.8 Å². The van der Waals surface area contributed by atoms with Gasteiger partial charge >= 0.3 is 5.97 Å². The normalized spacial score (nSPS) is 10.4. The molecule has 0 radical (unpaired) electrons. The number of pyridine rings is 1. The Balaban J connectivity index is 2.38. The molecule has 4 nitrogen and oxygen atoms in total. The van der Waals surface area contributed by atoms with Crippen LogP contribution >= 0.6 is 0 Å². The lowest BCUT2D eigenvalue weighted by molar-refractivity contribution is 0.0526. The van der Waals surface area contributed by atoms with Crippen molar-refractivity contribution in [1.29, 1.82) is 0 Å². The van der Waals surface area contributed by atoms with Crippen LogP contribution in [0.4, 0.5) is 5.82 Å². The van der Waals surface area contributed by atoms with Gasteiger partial charge in [0.2, 0.25) is 0 Å². The summed E-state index contributed by atoms with van der Waals surface area (Å²) < 4.78 is 4.89. The van der Waals surface area contributed by atoms with E-state index in [1.165, 1.54) is 6.42 Å². The van der Waals surface area contributed by atoms with Crippen LogP contribution in [-0.4, -0.2) is 24.1 Å². The highest BCUT2D eigenvalue weighted by Gasteiger charge is 2.06. The van der Waals surface area contributed by atoms with Crippen molar-refractivity contribution in [3.63, 3.8) is 0 Å². The van der Waals surface area contributed by atoms with Gasteiger partial charge in [-0.1, -0.05) is 13.8 Å². The minimum Gasteiger partial charge on any atom is -0.462 e. The van der Waals surface area contributed by atoms with Crippen LogP contribution in [0.5, 0.6) is 0 Å². The van der Waals surface area contributed by atoms with Crippen LogP contribution in [0.1, 0.15) is 44.0 Å². The second-order valence-corrected chi connectivity index (χ2v) is 4.62. The Kier molecular flexibility index (Phi) is 6.19. The lowest BCUT2D eigenvalue weighted by atomic mass is 10.1. The van der Waals surface area contributed by atoms with Crippen molar-refractivity contribution in [2.75, 3.05) is 18.5 Å². The molecule has 0 saturated carbocycles. The first-order valence-corrected chi connectivity index (χ1v) is 6.50. The van der Waals surface area contributed by atoms with Gasteiger partial charge in [-0.2, -0.15) is 0 Å². The smallest absolute Gasteiger partial charge is 0.339 e. The molecule has 1 heterocycles. The van der Waals surface area contributed by atoms with Gasteiger partial charge in [0, 0.05) is 12.7 Å². The fourth-order valence-electron chi connectivity index (χ4n) is 1.56. The highest BCUT2D eigenvalue weighted by atomic mass is 16.5. The molecule has 0 amide bonds. The first-order chi connectivity index (χ1) is 8.63. The number of carbonyl (C=O) groups excluding carboxylic acids is 1. The van der Waals surface area contributed by atoms with E-state index in [9.17, 15) is 4.79 Å². The molecule has 0 unspecified atom stereocenters. The Labute approximate surface area is 109 Å². The Morgan fingerprint density at radius 2 is 2.22 bits per heavy atom. The quantitative estimate of drug-likeness (QED) is 0.596. The van der Waals surface area contributed by atoms with E-state index in [2.05, 4.69) is 24.1 Å². The van der Waals surface area contributed by atoms with Gasteiger partial charge in [0.05, 0.1) is 12.2 Å². The summed E-state index contributed by atoms with van der Waals surface area (Å²) in [6.07, 6.45) is 3.87. The van der Waals surface area contributed by atoms with Gasteiger partial charge in [0.1, 0.15) is 5.82 Å². The van der Waals surface area contributed by atoms with Gasteiger partial charge in [-0.3, -0.25) is 0 Å². The molecule has 0 aliphatic carbocycles. The monoisotopic (exact) mass is 250 g/mol. The van der Waals surface area contributed by atoms with Crippen molar-refractivity contribution in [3.05, 3.63) is 23.9 Å². The predicted octanol–water partition coefficient (Wildman–Crippen LogP) is 3.11. The topological polar surface area (TPSA) is 51.2 Å². The average molecular weight is 250 g/mol. The van der Waals surface area contributed by atoms with Crippen LogP contribution in [0, 0.1) is 5.92 Å². The molecule has 1 rings (SSSR count). The Morgan fingerprint density at radius 3 is 2.78 bits per heavy atom. The minimum atomic E-state index is -0.323. The standard InChI is InChI=1S/C14H22N2O2/c1-4-18-14(17)12-7-8-13(16-10-12)15-9-5-6-11(2)3/h7-8,10-11H,4-6,9H2,1-3H3,(H,15,16). The summed E-state index contributed by atoms with van der Waals surface area (Å²) in [5.74, 6) is 1.20. The first kappa shape index (κ1) is 14.5. The molecule has 0 aliphatic rings. The van der Waals surface area contributed by atoms with Crippen molar-refractivity contribution in [1.82, 2.24) is 4.98 Å². The lowest BCUT2D eigenvalue weighted by Gasteiger charge is -2.07. The van der Waals surface area contributed by atoms with Gasteiger partial charge in [-0.25, -0.2) is 9.78 Å². The molecule has 0 aromatic carbocycles. The zero-order valence-corrected chi connectivity index (χ0v) is 11.4. The number of ether oxygens (including phenoxy) is 1. The van der Waals surface area contributed by atoms with Crippen LogP contribution in [0.3, 0.4) is 0 Å². The second kappa shape index (κ2) is 7.69. The lowest BCUT2D eigenvalue weighted by Crippen LogP contribution is -2.07. The van der Waals surface area contributed by atoms with Crippen LogP contribution in [0.2, 0.25) is 0 Å². The number of hydrogen-bond acceptors (Lipinski definition) is 4. The summed E-state index contributed by atoms with van der Waals surface area (Å²) in [6, 6.07) is 3.54. The van der Waals surface area contributed by atoms with Gasteiger partial charge in [0.25, 0.3) is 0 Å². The first-order valence-electron chi connectivity index (χ1n) is 6.50. The maximum atomic E-state index is 11.4. The van der Waals surface area contributed by atoms with Gasteiger partial charge < -0.3 is 10.1 Å². The number of rotatable bonds is 7. The predicted molar refractivity (Wildman–Crippen MR) is 72.8 cm³/mol. The number of esters is 1. The molecule has 4 heteroatoms. The van der Waals surface area contributed by atoms with Crippen LogP contribution < -0.4 is 5.32 Å². The summed E-state index contributed by atoms with van der Waals surface area (Å²) in [6.45, 7) is 7.51. The fraction of sp³-hybridized carbons (Fsp3) is 0.571. The van der Waals surface area contributed by atoms with E-state index in [0.29, 0.717) is 12.2 Å². The zero-order chi connectivity index (χ0) is 13.4. The van der Waals surface area contributed by atoms with Crippen molar-refractivity contribution in [3.8, 4) is 0 Å². The molecule has 0 atom stereocenters. The van der Waals surface area contributed by atoms with E-state index in [0.717, 1.165) is 24.7 Å². The highest BCUT2D eigenvalue weighted by molar-refractivity contribution is 5.89. The van der Waals surface area contributed by atoms with Crippen molar-refractivity contribution >= 4 is 11.8 Å². The van der Waals surface area contributed by atoms with Gasteiger partial charge in [0.15, 0.2) is 0 Å². The Morgan fingerprint density at radius 1 is 1.44 bits per heavy atom. The number of aromatic nitrogens is 1. The van der Waals surface area contributed by atoms with Gasteiger partial charge in [-0.15, -0.1) is 0 Å². The maximum absolute atomic E-state index is 11.4. The number of carbonyl (C=O) groups is 1. The molecule has 0 fully saturated rings. The van der Waals surface area contributed by atoms with E-state index in [1.807, 2.05) is 6.07 Å². The van der Waals surface area contributed by atoms with Crippen LogP contribution in [0.25, 0.3) is 0 Å². The summed E-state index contributed by atoms with van der Waals surface area (Å²) in [4.78, 5) is 15.6. The van der Waals surface area contributed by atoms with Crippen molar-refractivity contribution in [2.45, 2.75) is 33.6 Å². The van der Waals surface area contributed by atoms with Crippen LogP contribution in [0.15, 0.2) is 18.3 Å². The average Bonchev–Trinajstić information content (AvgIpc) is 2.35. The molecule has 0 spiro atoms. The summed E-state index contributed by atoms with van der Waals surface area (Å²) in [5.41, 5.74) is 0.490. The number of anilines is 1. The number of nitrogens with one attached hydrogen (secondary N) is 1. The van der Waals surface area contributed by atoms with Crippen molar-refractivity contribution in [2.24, 2.45) is 5.92 Å². The SMILES string of the molecule is CCOC(=O)c1ccc(NCCCC(C)C)nc1. The molecule has 0 saturated heterocycles. The van der Waals surface area contributed by atoms with E-state index >= 15 is 0 Å². The molecular weight excluding hydrogens is 228 g/mol. The summed E-state index contributed by atoms with van der Waals surface area (Å²) in [7, 11) is 0. The molecule has 0 bridgehead atoms. The largest absolute Gasteiger partial charge is 0.462 e. The third-order valence-corrected chi connectivity index (χ3v) is 2.54. The minimum absolute atomic E-state index is 0.323. The molecule has 1 aromatic rings. The summed E-state index contributed by atoms with van der Waals surface area (Å²) in [5, 5.41) is 3.23. The highest BCUT2D eigenvalue weighted by Crippen LogP contribution is 2.08. The van der Waals surface area contributed by atoms with E-state index < -0.39 is 0 Å². The molecule has 1 N–H and O–H groups in total. The molecular formula is C14H22N2O2.